The van der Waals surface area contributed by atoms with Crippen LogP contribution in [0.4, 0.5) is 0 Å². The lowest BCUT2D eigenvalue weighted by atomic mass is 9.71. The average Bonchev–Trinajstić information content (AvgIpc) is 2.04. The summed E-state index contributed by atoms with van der Waals surface area (Å²) >= 11 is 0. The van der Waals surface area contributed by atoms with E-state index in [1.54, 1.807) is 0 Å². The van der Waals surface area contributed by atoms with E-state index in [1.165, 1.54) is 0 Å². The van der Waals surface area contributed by atoms with Crippen molar-refractivity contribution in [3.05, 3.63) is 18.4 Å². The Bertz CT molecular complexity index is 244. The van der Waals surface area contributed by atoms with Crippen LogP contribution < -0.4 is 0 Å². The summed E-state index contributed by atoms with van der Waals surface area (Å²) < 4.78 is 0. The van der Waals surface area contributed by atoms with E-state index in [0.29, 0.717) is 11.7 Å². The normalized spacial score (nSPS) is 23.8. The minimum atomic E-state index is 0.0812. The van der Waals surface area contributed by atoms with Crippen LogP contribution in [0.1, 0.15) is 39.5 Å². The van der Waals surface area contributed by atoms with E-state index in [2.05, 4.69) is 26.2 Å². The molecule has 13 heavy (non-hydrogen) atoms. The number of rotatable bonds is 2. The Kier molecular flexibility index (Phi) is 3.11. The summed E-state index contributed by atoms with van der Waals surface area (Å²) in [4.78, 5) is 11.3. The molecule has 0 spiro atoms. The zero-order valence-corrected chi connectivity index (χ0v) is 8.60. The highest BCUT2D eigenvalue weighted by atomic mass is 16.1. The highest BCUT2D eigenvalue weighted by molar-refractivity contribution is 5.79. The summed E-state index contributed by atoms with van der Waals surface area (Å²) in [6.45, 7) is 7.92. The van der Waals surface area contributed by atoms with Gasteiger partial charge in [-0.15, -0.1) is 5.73 Å². The van der Waals surface area contributed by atoms with Crippen molar-refractivity contribution >= 4 is 5.78 Å². The third-order valence-corrected chi connectivity index (χ3v) is 3.01. The first-order valence-corrected chi connectivity index (χ1v) is 4.95. The molecule has 0 aliphatic heterocycles. The van der Waals surface area contributed by atoms with Crippen molar-refractivity contribution in [2.75, 3.05) is 0 Å². The molecule has 1 heteroatoms. The van der Waals surface area contributed by atoms with E-state index in [1.807, 2.05) is 6.08 Å². The SMILES string of the molecule is C=C=CC(C)(C)C1CCCC(=O)C1. The van der Waals surface area contributed by atoms with E-state index in [-0.39, 0.29) is 5.41 Å². The van der Waals surface area contributed by atoms with E-state index in [4.69, 9.17) is 0 Å². The fourth-order valence-electron chi connectivity index (χ4n) is 2.04. The molecule has 0 amide bonds. The lowest BCUT2D eigenvalue weighted by Gasteiger charge is -2.33. The molecule has 1 fully saturated rings. The number of ketones is 1. The second-order valence-electron chi connectivity index (χ2n) is 4.50. The molecular formula is C12H18O. The monoisotopic (exact) mass is 178 g/mol. The van der Waals surface area contributed by atoms with Crippen LogP contribution in [0.25, 0.3) is 0 Å². The topological polar surface area (TPSA) is 17.1 Å². The summed E-state index contributed by atoms with van der Waals surface area (Å²) in [5, 5.41) is 0. The van der Waals surface area contributed by atoms with E-state index in [0.717, 1.165) is 25.7 Å². The molecule has 0 bridgehead atoms. The van der Waals surface area contributed by atoms with Crippen LogP contribution >= 0.6 is 0 Å². The molecule has 0 saturated heterocycles. The predicted octanol–water partition coefficient (Wildman–Crippen LogP) is 3.11. The molecule has 1 aliphatic carbocycles. The minimum Gasteiger partial charge on any atom is -0.300 e. The molecule has 1 aliphatic rings. The number of carbonyl (C=O) groups is 1. The zero-order chi connectivity index (χ0) is 9.90. The van der Waals surface area contributed by atoms with Crippen LogP contribution in [-0.4, -0.2) is 5.78 Å². The molecule has 0 aromatic carbocycles. The Morgan fingerprint density at radius 3 is 2.85 bits per heavy atom. The first-order chi connectivity index (χ1) is 6.06. The predicted molar refractivity (Wildman–Crippen MR) is 54.5 cm³/mol. The Balaban J connectivity index is 2.69. The Labute approximate surface area is 80.5 Å². The van der Waals surface area contributed by atoms with Gasteiger partial charge in [-0.2, -0.15) is 0 Å². The molecule has 1 unspecified atom stereocenters. The molecule has 0 aromatic rings. The Morgan fingerprint density at radius 2 is 2.31 bits per heavy atom. The number of hydrogen-bond acceptors (Lipinski definition) is 1. The summed E-state index contributed by atoms with van der Waals surface area (Å²) in [7, 11) is 0. The van der Waals surface area contributed by atoms with Gasteiger partial charge in [-0.25, -0.2) is 0 Å². The van der Waals surface area contributed by atoms with Gasteiger partial charge in [-0.05, 0) is 30.3 Å². The van der Waals surface area contributed by atoms with Gasteiger partial charge in [-0.3, -0.25) is 4.79 Å². The van der Waals surface area contributed by atoms with Crippen molar-refractivity contribution < 1.29 is 4.79 Å². The van der Waals surface area contributed by atoms with Gasteiger partial charge in [0.1, 0.15) is 5.78 Å². The van der Waals surface area contributed by atoms with Crippen LogP contribution in [-0.2, 0) is 4.79 Å². The lowest BCUT2D eigenvalue weighted by molar-refractivity contribution is -0.122. The number of allylic oxidation sites excluding steroid dienone is 1. The molecule has 1 saturated carbocycles. The number of carbonyl (C=O) groups excluding carboxylic acids is 1. The molecule has 0 heterocycles. The largest absolute Gasteiger partial charge is 0.300 e. The van der Waals surface area contributed by atoms with Crippen molar-refractivity contribution in [2.24, 2.45) is 11.3 Å². The summed E-state index contributed by atoms with van der Waals surface area (Å²) in [6, 6.07) is 0. The van der Waals surface area contributed by atoms with Crippen LogP contribution in [0.3, 0.4) is 0 Å². The summed E-state index contributed by atoms with van der Waals surface area (Å²) in [6.07, 6.45) is 5.74. The third kappa shape index (κ3) is 2.57. The van der Waals surface area contributed by atoms with Crippen LogP contribution in [0.15, 0.2) is 18.4 Å². The van der Waals surface area contributed by atoms with Crippen molar-refractivity contribution in [1.82, 2.24) is 0 Å². The maximum absolute atomic E-state index is 11.3. The number of Topliss-reactive ketones (excluding diaryl/α,β-unsaturated/α-hetero) is 1. The van der Waals surface area contributed by atoms with Crippen molar-refractivity contribution in [3.8, 4) is 0 Å². The van der Waals surface area contributed by atoms with E-state index in [9.17, 15) is 4.79 Å². The van der Waals surface area contributed by atoms with Gasteiger partial charge >= 0.3 is 0 Å². The maximum Gasteiger partial charge on any atom is 0.133 e. The maximum atomic E-state index is 11.3. The minimum absolute atomic E-state index is 0.0812. The van der Waals surface area contributed by atoms with Crippen LogP contribution in [0.2, 0.25) is 0 Å². The average molecular weight is 178 g/mol. The van der Waals surface area contributed by atoms with Gasteiger partial charge in [0.25, 0.3) is 0 Å². The molecule has 72 valence electrons. The zero-order valence-electron chi connectivity index (χ0n) is 8.60. The highest BCUT2D eigenvalue weighted by Gasteiger charge is 2.31. The van der Waals surface area contributed by atoms with Gasteiger partial charge in [0.2, 0.25) is 0 Å². The standard InChI is InChI=1S/C12H18O/c1-4-8-12(2,3)10-6-5-7-11(13)9-10/h8,10H,1,5-7,9H2,2-3H3. The van der Waals surface area contributed by atoms with Gasteiger partial charge in [0.05, 0.1) is 0 Å². The second kappa shape index (κ2) is 3.93. The quantitative estimate of drug-likeness (QED) is 0.594. The fourth-order valence-corrected chi connectivity index (χ4v) is 2.04. The lowest BCUT2D eigenvalue weighted by Crippen LogP contribution is -2.27. The van der Waals surface area contributed by atoms with Crippen molar-refractivity contribution in [1.29, 1.82) is 0 Å². The van der Waals surface area contributed by atoms with Crippen LogP contribution in [0, 0.1) is 11.3 Å². The molecule has 0 radical (unpaired) electrons. The van der Waals surface area contributed by atoms with Gasteiger partial charge in [-0.1, -0.05) is 20.4 Å². The van der Waals surface area contributed by atoms with Gasteiger partial charge in [0.15, 0.2) is 0 Å². The molecular weight excluding hydrogens is 160 g/mol. The molecule has 0 N–H and O–H groups in total. The molecule has 0 aromatic heterocycles. The third-order valence-electron chi connectivity index (χ3n) is 3.01. The van der Waals surface area contributed by atoms with Crippen molar-refractivity contribution in [3.63, 3.8) is 0 Å². The molecule has 1 rings (SSSR count). The molecule has 1 atom stereocenters. The Hall–Kier alpha value is -0.810. The van der Waals surface area contributed by atoms with Crippen LogP contribution in [0.5, 0.6) is 0 Å². The summed E-state index contributed by atoms with van der Waals surface area (Å²) in [5.74, 6) is 0.907. The van der Waals surface area contributed by atoms with Gasteiger partial charge in [0, 0.05) is 12.8 Å². The van der Waals surface area contributed by atoms with E-state index < -0.39 is 0 Å². The number of hydrogen-bond donors (Lipinski definition) is 0. The Morgan fingerprint density at radius 1 is 1.62 bits per heavy atom. The molecule has 1 nitrogen and oxygen atoms in total. The second-order valence-corrected chi connectivity index (χ2v) is 4.50. The first kappa shape index (κ1) is 10.3. The van der Waals surface area contributed by atoms with Crippen molar-refractivity contribution in [2.45, 2.75) is 39.5 Å². The highest BCUT2D eigenvalue weighted by Crippen LogP contribution is 2.37. The first-order valence-electron chi connectivity index (χ1n) is 4.95. The smallest absolute Gasteiger partial charge is 0.133 e. The summed E-state index contributed by atoms with van der Waals surface area (Å²) in [5.41, 5.74) is 2.91. The van der Waals surface area contributed by atoms with E-state index >= 15 is 0 Å². The fraction of sp³-hybridized carbons (Fsp3) is 0.667. The van der Waals surface area contributed by atoms with Gasteiger partial charge < -0.3 is 0 Å².